The van der Waals surface area contributed by atoms with Gasteiger partial charge < -0.3 is 4.74 Å². The van der Waals surface area contributed by atoms with Crippen molar-refractivity contribution in [3.63, 3.8) is 0 Å². The van der Waals surface area contributed by atoms with E-state index in [1.54, 1.807) is 19.1 Å². The van der Waals surface area contributed by atoms with E-state index in [1.165, 1.54) is 11.3 Å². The molecule has 0 saturated carbocycles. The van der Waals surface area contributed by atoms with E-state index in [-0.39, 0.29) is 6.54 Å². The lowest BCUT2D eigenvalue weighted by atomic mass is 10.1. The van der Waals surface area contributed by atoms with Crippen molar-refractivity contribution in [1.29, 1.82) is 0 Å². The third kappa shape index (κ3) is 4.46. The van der Waals surface area contributed by atoms with Crippen LogP contribution in [0.3, 0.4) is 0 Å². The number of benzene rings is 2. The van der Waals surface area contributed by atoms with Crippen molar-refractivity contribution in [2.75, 3.05) is 24.5 Å². The average Bonchev–Trinajstić information content (AvgIpc) is 3.05. The average molecular weight is 421 g/mol. The van der Waals surface area contributed by atoms with Crippen molar-refractivity contribution >= 4 is 23.6 Å². The number of para-hydroxylation sites is 1. The zero-order valence-electron chi connectivity index (χ0n) is 17.6. The van der Waals surface area contributed by atoms with Gasteiger partial charge >= 0.3 is 12.0 Å². The minimum absolute atomic E-state index is 0.172. The topological polar surface area (TPSA) is 70.2 Å². The quantitative estimate of drug-likeness (QED) is 0.527. The van der Waals surface area contributed by atoms with Crippen LogP contribution in [0, 0.1) is 0 Å². The van der Waals surface area contributed by atoms with Crippen molar-refractivity contribution in [2.24, 2.45) is 0 Å². The lowest BCUT2D eigenvalue weighted by molar-refractivity contribution is -0.159. The van der Waals surface area contributed by atoms with Gasteiger partial charge in [0.05, 0.1) is 6.54 Å². The van der Waals surface area contributed by atoms with Gasteiger partial charge in [-0.15, -0.1) is 0 Å². The lowest BCUT2D eigenvalue weighted by Gasteiger charge is -2.27. The Balaban J connectivity index is 1.55. The summed E-state index contributed by atoms with van der Waals surface area (Å²) in [6.07, 6.45) is 2.32. The minimum Gasteiger partial charge on any atom is -0.440 e. The summed E-state index contributed by atoms with van der Waals surface area (Å²) in [5.41, 5.74) is 1.32. The van der Waals surface area contributed by atoms with Crippen molar-refractivity contribution in [3.05, 3.63) is 66.2 Å². The molecule has 0 radical (unpaired) electrons. The van der Waals surface area contributed by atoms with Crippen molar-refractivity contribution < 1.29 is 19.1 Å². The monoisotopic (exact) mass is 421 g/mol. The maximum atomic E-state index is 13.4. The number of esters is 1. The molecule has 2 aliphatic rings. The highest BCUT2D eigenvalue weighted by Gasteiger charge is 2.49. The highest BCUT2D eigenvalue weighted by molar-refractivity contribution is 6.14. The Morgan fingerprint density at radius 3 is 2.23 bits per heavy atom. The summed E-state index contributed by atoms with van der Waals surface area (Å²) >= 11 is 0. The molecule has 2 aromatic carbocycles. The van der Waals surface area contributed by atoms with Crippen LogP contribution in [0.25, 0.3) is 0 Å². The van der Waals surface area contributed by atoms with Gasteiger partial charge in [0.15, 0.2) is 6.23 Å². The Bertz CT molecular complexity index is 871. The SMILES string of the molecule is CC(OC(=O)CN1CCCCC1)N1C(=O)C(c2ccccc2)N(c2ccccc2)C1=O. The Kier molecular flexibility index (Phi) is 6.32. The summed E-state index contributed by atoms with van der Waals surface area (Å²) in [7, 11) is 0. The van der Waals surface area contributed by atoms with Gasteiger partial charge in [-0.2, -0.15) is 0 Å². The molecule has 3 amide bonds. The molecule has 7 nitrogen and oxygen atoms in total. The minimum atomic E-state index is -0.989. The Morgan fingerprint density at radius 2 is 1.58 bits per heavy atom. The molecule has 0 spiro atoms. The summed E-state index contributed by atoms with van der Waals surface area (Å²) in [5, 5.41) is 0. The third-order valence-corrected chi connectivity index (χ3v) is 5.76. The summed E-state index contributed by atoms with van der Waals surface area (Å²) in [5.74, 6) is -0.831. The van der Waals surface area contributed by atoms with E-state index in [4.69, 9.17) is 4.74 Å². The van der Waals surface area contributed by atoms with Crippen molar-refractivity contribution in [2.45, 2.75) is 38.5 Å². The summed E-state index contributed by atoms with van der Waals surface area (Å²) in [4.78, 5) is 43.8. The molecule has 2 aliphatic heterocycles. The maximum absolute atomic E-state index is 13.4. The van der Waals surface area contributed by atoms with Gasteiger partial charge in [0.2, 0.25) is 0 Å². The number of carbonyl (C=O) groups is 3. The van der Waals surface area contributed by atoms with Crippen LogP contribution in [0.5, 0.6) is 0 Å². The van der Waals surface area contributed by atoms with E-state index < -0.39 is 30.2 Å². The van der Waals surface area contributed by atoms with Crippen LogP contribution < -0.4 is 4.90 Å². The Hall–Kier alpha value is -3.19. The van der Waals surface area contributed by atoms with Crippen LogP contribution in [0.4, 0.5) is 10.5 Å². The van der Waals surface area contributed by atoms with Gasteiger partial charge in [0, 0.05) is 5.69 Å². The summed E-state index contributed by atoms with van der Waals surface area (Å²) < 4.78 is 5.52. The molecular formula is C24H27N3O4. The van der Waals surface area contributed by atoms with E-state index in [0.717, 1.165) is 30.8 Å². The van der Waals surface area contributed by atoms with Gasteiger partial charge in [0.25, 0.3) is 5.91 Å². The second-order valence-electron chi connectivity index (χ2n) is 7.94. The second-order valence-corrected chi connectivity index (χ2v) is 7.94. The van der Waals surface area contributed by atoms with Gasteiger partial charge in [0.1, 0.15) is 6.04 Å². The Morgan fingerprint density at radius 1 is 0.968 bits per heavy atom. The fourth-order valence-corrected chi connectivity index (χ4v) is 4.25. The first-order chi connectivity index (χ1) is 15.1. The molecule has 162 valence electrons. The molecule has 0 N–H and O–H groups in total. The van der Waals surface area contributed by atoms with E-state index in [9.17, 15) is 14.4 Å². The highest BCUT2D eigenvalue weighted by atomic mass is 16.6. The molecule has 2 heterocycles. The predicted octanol–water partition coefficient (Wildman–Crippen LogP) is 3.57. The standard InChI is InChI=1S/C24H27N3O4/c1-18(31-21(28)17-25-15-9-4-10-16-25)26-23(29)22(19-11-5-2-6-12-19)27(24(26)30)20-13-7-3-8-14-20/h2-3,5-8,11-14,18,22H,4,9-10,15-17H2,1H3. The number of carbonyl (C=O) groups excluding carboxylic acids is 3. The van der Waals surface area contributed by atoms with Crippen LogP contribution >= 0.6 is 0 Å². The molecule has 4 rings (SSSR count). The van der Waals surface area contributed by atoms with E-state index in [0.29, 0.717) is 11.3 Å². The molecule has 7 heteroatoms. The van der Waals surface area contributed by atoms with Crippen LogP contribution in [-0.2, 0) is 14.3 Å². The first-order valence-corrected chi connectivity index (χ1v) is 10.7. The number of imide groups is 1. The number of anilines is 1. The van der Waals surface area contributed by atoms with Crippen LogP contribution in [0.15, 0.2) is 60.7 Å². The molecule has 0 aliphatic carbocycles. The van der Waals surface area contributed by atoms with Gasteiger partial charge in [-0.3, -0.25) is 19.4 Å². The van der Waals surface area contributed by atoms with E-state index in [2.05, 4.69) is 4.90 Å². The highest BCUT2D eigenvalue weighted by Crippen LogP contribution is 2.36. The van der Waals surface area contributed by atoms with Gasteiger partial charge in [-0.25, -0.2) is 9.69 Å². The number of rotatable bonds is 6. The number of hydrogen-bond acceptors (Lipinski definition) is 5. The first-order valence-electron chi connectivity index (χ1n) is 10.7. The van der Waals surface area contributed by atoms with Gasteiger partial charge in [-0.05, 0) is 50.6 Å². The number of amides is 3. The molecule has 31 heavy (non-hydrogen) atoms. The zero-order valence-corrected chi connectivity index (χ0v) is 17.6. The fourth-order valence-electron chi connectivity index (χ4n) is 4.25. The van der Waals surface area contributed by atoms with E-state index >= 15 is 0 Å². The number of nitrogens with zero attached hydrogens (tertiary/aromatic N) is 3. The van der Waals surface area contributed by atoms with Crippen molar-refractivity contribution in [3.8, 4) is 0 Å². The molecular weight excluding hydrogens is 394 g/mol. The molecule has 2 unspecified atom stereocenters. The molecule has 2 aromatic rings. The summed E-state index contributed by atoms with van der Waals surface area (Å²) in [6, 6.07) is 16.9. The first kappa shape index (κ1) is 21.1. The molecule has 2 saturated heterocycles. The number of urea groups is 1. The summed E-state index contributed by atoms with van der Waals surface area (Å²) in [6.45, 7) is 3.47. The molecule has 0 aromatic heterocycles. The zero-order chi connectivity index (χ0) is 21.8. The van der Waals surface area contributed by atoms with Crippen molar-refractivity contribution in [1.82, 2.24) is 9.80 Å². The Labute approximate surface area is 182 Å². The number of likely N-dealkylation sites (tertiary alicyclic amines) is 1. The fraction of sp³-hybridized carbons (Fsp3) is 0.375. The predicted molar refractivity (Wildman–Crippen MR) is 116 cm³/mol. The van der Waals surface area contributed by atoms with E-state index in [1.807, 2.05) is 48.5 Å². The molecule has 2 fully saturated rings. The van der Waals surface area contributed by atoms with Crippen LogP contribution in [0.1, 0.15) is 37.8 Å². The van der Waals surface area contributed by atoms with Gasteiger partial charge in [-0.1, -0.05) is 55.0 Å². The smallest absolute Gasteiger partial charge is 0.335 e. The molecule has 2 atom stereocenters. The normalized spacial score (nSPS) is 20.7. The number of hydrogen-bond donors (Lipinski definition) is 0. The number of piperidine rings is 1. The lowest BCUT2D eigenvalue weighted by Crippen LogP contribution is -2.44. The van der Waals surface area contributed by atoms with Crippen LogP contribution in [-0.4, -0.2) is 53.6 Å². The maximum Gasteiger partial charge on any atom is 0.335 e. The molecule has 0 bridgehead atoms. The largest absolute Gasteiger partial charge is 0.440 e. The third-order valence-electron chi connectivity index (χ3n) is 5.76. The second kappa shape index (κ2) is 9.31. The van der Waals surface area contributed by atoms with Crippen LogP contribution in [0.2, 0.25) is 0 Å². The number of ether oxygens (including phenoxy) is 1.